The third-order valence-corrected chi connectivity index (χ3v) is 6.61. The van der Waals surface area contributed by atoms with E-state index >= 15 is 0 Å². The van der Waals surface area contributed by atoms with Gasteiger partial charge < -0.3 is 5.32 Å². The molecule has 2 N–H and O–H groups in total. The summed E-state index contributed by atoms with van der Waals surface area (Å²) in [5, 5.41) is 7.07. The quantitative estimate of drug-likeness (QED) is 0.376. The van der Waals surface area contributed by atoms with E-state index in [1.807, 2.05) is 41.8 Å². The predicted octanol–water partition coefficient (Wildman–Crippen LogP) is 7.37. The molecule has 0 unspecified atom stereocenters. The van der Waals surface area contributed by atoms with E-state index in [1.54, 1.807) is 12.1 Å². The second-order valence-electron chi connectivity index (χ2n) is 7.74. The lowest BCUT2D eigenvalue weighted by Gasteiger charge is -2.22. The predicted molar refractivity (Wildman–Crippen MR) is 130 cm³/mol. The van der Waals surface area contributed by atoms with Crippen LogP contribution < -0.4 is 10.6 Å². The van der Waals surface area contributed by atoms with Crippen LogP contribution in [0.1, 0.15) is 37.8 Å². The first-order valence-electron chi connectivity index (χ1n) is 10.3. The molecule has 3 aromatic rings. The van der Waals surface area contributed by atoms with Crippen molar-refractivity contribution in [2.45, 2.75) is 45.1 Å². The van der Waals surface area contributed by atoms with Gasteiger partial charge in [0.15, 0.2) is 5.82 Å². The first kappa shape index (κ1) is 22.2. The zero-order valence-electron chi connectivity index (χ0n) is 17.1. The van der Waals surface area contributed by atoms with Crippen molar-refractivity contribution in [3.8, 4) is 17.1 Å². The monoisotopic (exact) mass is 520 g/mol. The van der Waals surface area contributed by atoms with Gasteiger partial charge in [-0.05, 0) is 62.2 Å². The lowest BCUT2D eigenvalue weighted by Crippen LogP contribution is -2.39. The molecule has 5 nitrogen and oxygen atoms in total. The number of aromatic nitrogens is 2. The molecule has 31 heavy (non-hydrogen) atoms. The number of benzene rings is 2. The lowest BCUT2D eigenvalue weighted by molar-refractivity contribution is 0.244. The van der Waals surface area contributed by atoms with Gasteiger partial charge in [0.05, 0.1) is 10.7 Å². The number of anilines is 1. The Morgan fingerprint density at radius 3 is 2.48 bits per heavy atom. The summed E-state index contributed by atoms with van der Waals surface area (Å²) in [6.45, 7) is 1.93. The molecular formula is C23H23BrCl2N4O. The number of rotatable bonds is 4. The number of hydrogen-bond acceptors (Lipinski definition) is 2. The van der Waals surface area contributed by atoms with E-state index in [-0.39, 0.29) is 12.1 Å². The third kappa shape index (κ3) is 5.08. The molecule has 0 aliphatic heterocycles. The second-order valence-corrected chi connectivity index (χ2v) is 9.50. The Labute approximate surface area is 200 Å². The highest BCUT2D eigenvalue weighted by Crippen LogP contribution is 2.34. The van der Waals surface area contributed by atoms with E-state index in [0.717, 1.165) is 47.1 Å². The normalized spacial score (nSPS) is 14.5. The summed E-state index contributed by atoms with van der Waals surface area (Å²) in [6, 6.07) is 13.2. The zero-order chi connectivity index (χ0) is 22.0. The molecule has 2 amide bonds. The van der Waals surface area contributed by atoms with E-state index in [0.29, 0.717) is 21.7 Å². The molecule has 1 aliphatic rings. The number of imidazole rings is 1. The Morgan fingerprint density at radius 1 is 1.10 bits per heavy atom. The summed E-state index contributed by atoms with van der Waals surface area (Å²) in [7, 11) is 0. The fourth-order valence-electron chi connectivity index (χ4n) is 3.95. The molecule has 0 atom stereocenters. The second kappa shape index (κ2) is 9.63. The number of nitrogens with one attached hydrogen (secondary N) is 2. The average molecular weight is 522 g/mol. The van der Waals surface area contributed by atoms with Gasteiger partial charge in [-0.3, -0.25) is 9.88 Å². The van der Waals surface area contributed by atoms with E-state index in [1.165, 1.54) is 6.42 Å². The molecule has 1 heterocycles. The topological polar surface area (TPSA) is 59.0 Å². The molecule has 4 rings (SSSR count). The fraction of sp³-hybridized carbons (Fsp3) is 0.304. The molecule has 0 radical (unpaired) electrons. The lowest BCUT2D eigenvalue weighted by atomic mass is 9.96. The summed E-state index contributed by atoms with van der Waals surface area (Å²) in [6.07, 6.45) is 5.58. The molecule has 0 bridgehead atoms. The fourth-order valence-corrected chi connectivity index (χ4v) is 4.71. The van der Waals surface area contributed by atoms with E-state index in [2.05, 4.69) is 26.6 Å². The number of halogens is 3. The van der Waals surface area contributed by atoms with Crippen LogP contribution in [-0.4, -0.2) is 21.6 Å². The van der Waals surface area contributed by atoms with Crippen LogP contribution >= 0.6 is 39.1 Å². The first-order valence-corrected chi connectivity index (χ1v) is 11.9. The number of urea groups is 1. The van der Waals surface area contributed by atoms with Crippen molar-refractivity contribution in [1.29, 1.82) is 0 Å². The van der Waals surface area contributed by atoms with Crippen LogP contribution in [0.2, 0.25) is 10.0 Å². The van der Waals surface area contributed by atoms with Crippen molar-refractivity contribution in [1.82, 2.24) is 14.9 Å². The molecule has 2 aromatic carbocycles. The standard InChI is InChI=1S/C23H23BrCl2N4O/c1-14-21(29-23(31)27-17-5-3-2-4-6-17)28-22(19-12-9-16(25)13-20(19)26)30(14)18-10-7-15(24)8-11-18/h7-13,17H,2-6H2,1H3,(H2,27,29,31). The Kier molecular flexibility index (Phi) is 6.89. The van der Waals surface area contributed by atoms with E-state index in [9.17, 15) is 4.79 Å². The maximum atomic E-state index is 12.7. The van der Waals surface area contributed by atoms with Gasteiger partial charge in [-0.2, -0.15) is 0 Å². The maximum absolute atomic E-state index is 12.7. The van der Waals surface area contributed by atoms with Crippen LogP contribution in [0.15, 0.2) is 46.9 Å². The number of carbonyl (C=O) groups excluding carboxylic acids is 1. The van der Waals surface area contributed by atoms with E-state index in [4.69, 9.17) is 28.2 Å². The largest absolute Gasteiger partial charge is 0.335 e. The molecule has 0 saturated heterocycles. The average Bonchev–Trinajstić information content (AvgIpc) is 3.05. The smallest absolute Gasteiger partial charge is 0.320 e. The molecule has 1 aromatic heterocycles. The maximum Gasteiger partial charge on any atom is 0.320 e. The minimum Gasteiger partial charge on any atom is -0.335 e. The highest BCUT2D eigenvalue weighted by Gasteiger charge is 2.22. The summed E-state index contributed by atoms with van der Waals surface area (Å²) in [5.41, 5.74) is 2.45. The summed E-state index contributed by atoms with van der Waals surface area (Å²) in [5.74, 6) is 1.13. The van der Waals surface area contributed by atoms with Gasteiger partial charge in [0.25, 0.3) is 0 Å². The first-order chi connectivity index (χ1) is 14.9. The summed E-state index contributed by atoms with van der Waals surface area (Å²) >= 11 is 16.1. The van der Waals surface area contributed by atoms with E-state index < -0.39 is 0 Å². The van der Waals surface area contributed by atoms with Gasteiger partial charge in [0, 0.05) is 26.8 Å². The van der Waals surface area contributed by atoms with Crippen LogP contribution in [0.25, 0.3) is 17.1 Å². The molecule has 0 spiro atoms. The molecule has 1 aliphatic carbocycles. The van der Waals surface area contributed by atoms with Gasteiger partial charge in [0.2, 0.25) is 0 Å². The highest BCUT2D eigenvalue weighted by molar-refractivity contribution is 9.10. The molecule has 1 saturated carbocycles. The number of nitrogens with zero attached hydrogens (tertiary/aromatic N) is 2. The third-order valence-electron chi connectivity index (χ3n) is 5.54. The SMILES string of the molecule is Cc1c(NC(=O)NC2CCCCC2)nc(-c2ccc(Cl)cc2Cl)n1-c1ccc(Br)cc1. The molecule has 162 valence electrons. The van der Waals surface area contributed by atoms with Crippen molar-refractivity contribution in [3.63, 3.8) is 0 Å². The van der Waals surface area contributed by atoms with Gasteiger partial charge in [0.1, 0.15) is 5.82 Å². The van der Waals surface area contributed by atoms with Crippen LogP contribution in [0.3, 0.4) is 0 Å². The van der Waals surface area contributed by atoms with Crippen molar-refractivity contribution < 1.29 is 4.79 Å². The Hall–Kier alpha value is -2.02. The number of amides is 2. The van der Waals surface area contributed by atoms with Gasteiger partial charge >= 0.3 is 6.03 Å². The van der Waals surface area contributed by atoms with Crippen molar-refractivity contribution >= 4 is 51.0 Å². The molecule has 1 fully saturated rings. The number of carbonyl (C=O) groups is 1. The van der Waals surface area contributed by atoms with Crippen LogP contribution in [0.5, 0.6) is 0 Å². The van der Waals surface area contributed by atoms with Crippen LogP contribution in [0.4, 0.5) is 10.6 Å². The Balaban J connectivity index is 1.71. The highest BCUT2D eigenvalue weighted by atomic mass is 79.9. The van der Waals surface area contributed by atoms with Gasteiger partial charge in [-0.1, -0.05) is 58.4 Å². The van der Waals surface area contributed by atoms with Crippen molar-refractivity contribution in [2.24, 2.45) is 0 Å². The summed E-state index contributed by atoms with van der Waals surface area (Å²) in [4.78, 5) is 17.4. The van der Waals surface area contributed by atoms with Crippen molar-refractivity contribution in [3.05, 3.63) is 62.7 Å². The van der Waals surface area contributed by atoms with Gasteiger partial charge in [-0.25, -0.2) is 9.78 Å². The Bertz CT molecular complexity index is 1090. The summed E-state index contributed by atoms with van der Waals surface area (Å²) < 4.78 is 2.96. The minimum atomic E-state index is -0.232. The molecule has 8 heteroatoms. The Morgan fingerprint density at radius 2 is 1.81 bits per heavy atom. The molecular weight excluding hydrogens is 499 g/mol. The van der Waals surface area contributed by atoms with Crippen LogP contribution in [-0.2, 0) is 0 Å². The minimum absolute atomic E-state index is 0.216. The number of hydrogen-bond donors (Lipinski definition) is 2. The van der Waals surface area contributed by atoms with Crippen LogP contribution in [0, 0.1) is 6.92 Å². The van der Waals surface area contributed by atoms with Gasteiger partial charge in [-0.15, -0.1) is 0 Å². The van der Waals surface area contributed by atoms with Crippen molar-refractivity contribution in [2.75, 3.05) is 5.32 Å². The zero-order valence-corrected chi connectivity index (χ0v) is 20.2.